The molecule has 0 aromatic carbocycles. The van der Waals surface area contributed by atoms with Gasteiger partial charge < -0.3 is 10.0 Å². The summed E-state index contributed by atoms with van der Waals surface area (Å²) < 4.78 is 0. The lowest BCUT2D eigenvalue weighted by Crippen LogP contribution is -2.44. The number of carbonyl (C=O) groups is 1. The second kappa shape index (κ2) is 5.74. The molecule has 1 N–H and O–H groups in total. The first-order valence-corrected chi connectivity index (χ1v) is 6.79. The van der Waals surface area contributed by atoms with E-state index in [1.807, 2.05) is 4.90 Å². The molecule has 0 radical (unpaired) electrons. The van der Waals surface area contributed by atoms with E-state index >= 15 is 0 Å². The first-order chi connectivity index (χ1) is 8.72. The van der Waals surface area contributed by atoms with E-state index in [9.17, 15) is 4.79 Å². The summed E-state index contributed by atoms with van der Waals surface area (Å²) in [5, 5.41) is 18.0. The monoisotopic (exact) mass is 263 g/mol. The fourth-order valence-corrected chi connectivity index (χ4v) is 3.08. The SMILES string of the molecule is N#Cc1cccnc1N1CCSCC1CC(=O)O. The van der Waals surface area contributed by atoms with Crippen LogP contribution in [-0.4, -0.2) is 40.2 Å². The zero-order chi connectivity index (χ0) is 13.0. The Morgan fingerprint density at radius 2 is 2.56 bits per heavy atom. The van der Waals surface area contributed by atoms with Crippen LogP contribution in [0.15, 0.2) is 18.3 Å². The Balaban J connectivity index is 2.28. The summed E-state index contributed by atoms with van der Waals surface area (Å²) >= 11 is 1.74. The van der Waals surface area contributed by atoms with E-state index in [1.54, 1.807) is 30.1 Å². The van der Waals surface area contributed by atoms with Gasteiger partial charge in [0.15, 0.2) is 0 Å². The van der Waals surface area contributed by atoms with E-state index in [2.05, 4.69) is 11.1 Å². The highest BCUT2D eigenvalue weighted by atomic mass is 32.2. The van der Waals surface area contributed by atoms with Crippen LogP contribution in [0.25, 0.3) is 0 Å². The Bertz CT molecular complexity index is 486. The first-order valence-electron chi connectivity index (χ1n) is 5.63. The highest BCUT2D eigenvalue weighted by Gasteiger charge is 2.27. The number of rotatable bonds is 3. The Hall–Kier alpha value is -1.74. The first kappa shape index (κ1) is 12.7. The summed E-state index contributed by atoms with van der Waals surface area (Å²) in [4.78, 5) is 17.1. The molecule has 1 aromatic heterocycles. The molecular formula is C12H13N3O2S. The van der Waals surface area contributed by atoms with Gasteiger partial charge in [-0.1, -0.05) is 0 Å². The molecule has 2 rings (SSSR count). The fraction of sp³-hybridized carbons (Fsp3) is 0.417. The van der Waals surface area contributed by atoms with E-state index in [0.717, 1.165) is 18.1 Å². The molecule has 1 atom stereocenters. The number of carboxylic acid groups (broad SMARTS) is 1. The van der Waals surface area contributed by atoms with Gasteiger partial charge in [-0.15, -0.1) is 0 Å². The summed E-state index contributed by atoms with van der Waals surface area (Å²) in [5.74, 6) is 1.47. The predicted octanol–water partition coefficient (Wildman–Crippen LogP) is 1.35. The van der Waals surface area contributed by atoms with Gasteiger partial charge in [-0.25, -0.2) is 4.98 Å². The van der Waals surface area contributed by atoms with Crippen molar-refractivity contribution in [1.82, 2.24) is 4.98 Å². The summed E-state index contributed by atoms with van der Waals surface area (Å²) in [5.41, 5.74) is 0.500. The van der Waals surface area contributed by atoms with E-state index in [4.69, 9.17) is 10.4 Å². The van der Waals surface area contributed by atoms with Crippen molar-refractivity contribution in [3.63, 3.8) is 0 Å². The van der Waals surface area contributed by atoms with Gasteiger partial charge in [0.25, 0.3) is 0 Å². The maximum absolute atomic E-state index is 10.9. The van der Waals surface area contributed by atoms with Crippen molar-refractivity contribution in [3.05, 3.63) is 23.9 Å². The minimum Gasteiger partial charge on any atom is -0.481 e. The quantitative estimate of drug-likeness (QED) is 0.887. The van der Waals surface area contributed by atoms with Gasteiger partial charge in [-0.05, 0) is 12.1 Å². The van der Waals surface area contributed by atoms with Gasteiger partial charge in [-0.3, -0.25) is 4.79 Å². The molecule has 18 heavy (non-hydrogen) atoms. The zero-order valence-electron chi connectivity index (χ0n) is 9.74. The van der Waals surface area contributed by atoms with Gasteiger partial charge in [-0.2, -0.15) is 17.0 Å². The molecule has 94 valence electrons. The second-order valence-corrected chi connectivity index (χ2v) is 5.16. The maximum Gasteiger partial charge on any atom is 0.305 e. The van der Waals surface area contributed by atoms with E-state index in [0.29, 0.717) is 11.4 Å². The van der Waals surface area contributed by atoms with Crippen LogP contribution in [0.2, 0.25) is 0 Å². The largest absolute Gasteiger partial charge is 0.481 e. The molecule has 0 bridgehead atoms. The Kier molecular flexibility index (Phi) is 4.05. The lowest BCUT2D eigenvalue weighted by atomic mass is 10.1. The third kappa shape index (κ3) is 2.74. The Morgan fingerprint density at radius 3 is 3.28 bits per heavy atom. The van der Waals surface area contributed by atoms with Gasteiger partial charge >= 0.3 is 5.97 Å². The number of carboxylic acids is 1. The van der Waals surface area contributed by atoms with Crippen molar-refractivity contribution in [2.24, 2.45) is 0 Å². The lowest BCUT2D eigenvalue weighted by Gasteiger charge is -2.35. The van der Waals surface area contributed by atoms with Gasteiger partial charge in [0.2, 0.25) is 0 Å². The summed E-state index contributed by atoms with van der Waals surface area (Å²) in [6.07, 6.45) is 1.71. The minimum absolute atomic E-state index is 0.0778. The smallest absolute Gasteiger partial charge is 0.305 e. The van der Waals surface area contributed by atoms with Crippen LogP contribution in [0.1, 0.15) is 12.0 Å². The highest BCUT2D eigenvalue weighted by Crippen LogP contribution is 2.26. The van der Waals surface area contributed by atoms with Gasteiger partial charge in [0.1, 0.15) is 11.9 Å². The average Bonchev–Trinajstić information content (AvgIpc) is 2.39. The third-order valence-corrected chi connectivity index (χ3v) is 3.91. The summed E-state index contributed by atoms with van der Waals surface area (Å²) in [6.45, 7) is 0.730. The normalized spacial score (nSPS) is 19.3. The molecule has 1 fully saturated rings. The summed E-state index contributed by atoms with van der Waals surface area (Å²) in [7, 11) is 0. The molecule has 1 unspecified atom stereocenters. The number of nitriles is 1. The molecule has 5 nitrogen and oxygen atoms in total. The van der Waals surface area contributed by atoms with Crippen LogP contribution in [0.3, 0.4) is 0 Å². The molecule has 0 amide bonds. The molecule has 0 saturated carbocycles. The molecule has 6 heteroatoms. The zero-order valence-corrected chi connectivity index (χ0v) is 10.6. The Labute approximate surface area is 109 Å². The maximum atomic E-state index is 10.9. The molecule has 1 saturated heterocycles. The molecule has 0 aliphatic carbocycles. The number of nitrogens with zero attached hydrogens (tertiary/aromatic N) is 3. The van der Waals surface area contributed by atoms with Crippen molar-refractivity contribution in [2.45, 2.75) is 12.5 Å². The standard InChI is InChI=1S/C12H13N3O2S/c13-7-9-2-1-3-14-12(9)15-4-5-18-8-10(15)6-11(16)17/h1-3,10H,4-6,8H2,(H,16,17). The fourth-order valence-electron chi connectivity index (χ4n) is 2.02. The van der Waals surface area contributed by atoms with Crippen molar-refractivity contribution < 1.29 is 9.90 Å². The second-order valence-electron chi connectivity index (χ2n) is 4.01. The number of hydrogen-bond donors (Lipinski definition) is 1. The van der Waals surface area contributed by atoms with Gasteiger partial charge in [0, 0.05) is 30.3 Å². The van der Waals surface area contributed by atoms with Crippen molar-refractivity contribution in [2.75, 3.05) is 23.0 Å². The summed E-state index contributed by atoms with van der Waals surface area (Å²) in [6, 6.07) is 5.44. The van der Waals surface area contributed by atoms with E-state index < -0.39 is 5.97 Å². The predicted molar refractivity (Wildman–Crippen MR) is 69.7 cm³/mol. The number of aromatic nitrogens is 1. The van der Waals surface area contributed by atoms with Crippen LogP contribution in [0.4, 0.5) is 5.82 Å². The number of hydrogen-bond acceptors (Lipinski definition) is 5. The average molecular weight is 263 g/mol. The van der Waals surface area contributed by atoms with E-state index in [-0.39, 0.29) is 12.5 Å². The lowest BCUT2D eigenvalue weighted by molar-refractivity contribution is -0.137. The molecule has 1 aromatic rings. The highest BCUT2D eigenvalue weighted by molar-refractivity contribution is 7.99. The minimum atomic E-state index is -0.818. The number of pyridine rings is 1. The van der Waals surface area contributed by atoms with Crippen LogP contribution >= 0.6 is 11.8 Å². The molecular weight excluding hydrogens is 250 g/mol. The Morgan fingerprint density at radius 1 is 1.72 bits per heavy atom. The molecule has 1 aliphatic rings. The van der Waals surface area contributed by atoms with Crippen molar-refractivity contribution in [3.8, 4) is 6.07 Å². The number of anilines is 1. The van der Waals surface area contributed by atoms with Crippen molar-refractivity contribution in [1.29, 1.82) is 5.26 Å². The molecule has 2 heterocycles. The van der Waals surface area contributed by atoms with Gasteiger partial charge in [0.05, 0.1) is 12.0 Å². The van der Waals surface area contributed by atoms with Crippen molar-refractivity contribution >= 4 is 23.5 Å². The van der Waals surface area contributed by atoms with Crippen LogP contribution < -0.4 is 4.90 Å². The van der Waals surface area contributed by atoms with Crippen LogP contribution in [0, 0.1) is 11.3 Å². The molecule has 0 spiro atoms. The van der Waals surface area contributed by atoms with Crippen LogP contribution in [0.5, 0.6) is 0 Å². The number of thioether (sulfide) groups is 1. The van der Waals surface area contributed by atoms with E-state index in [1.165, 1.54) is 0 Å². The third-order valence-electron chi connectivity index (χ3n) is 2.82. The number of aliphatic carboxylic acids is 1. The molecule has 1 aliphatic heterocycles. The van der Waals surface area contributed by atoms with Crippen LogP contribution in [-0.2, 0) is 4.79 Å². The topological polar surface area (TPSA) is 77.2 Å².